The van der Waals surface area contributed by atoms with Crippen molar-refractivity contribution in [2.75, 3.05) is 44.7 Å². The summed E-state index contributed by atoms with van der Waals surface area (Å²) < 4.78 is 31.6. The van der Waals surface area contributed by atoms with Crippen molar-refractivity contribution in [2.45, 2.75) is 13.8 Å². The Bertz CT molecular complexity index is 647. The summed E-state index contributed by atoms with van der Waals surface area (Å²) in [6.45, 7) is 5.69. The molecule has 8 nitrogen and oxygen atoms in total. The van der Waals surface area contributed by atoms with Gasteiger partial charge in [0.05, 0.1) is 11.5 Å². The molecule has 1 aromatic carbocycles. The predicted molar refractivity (Wildman–Crippen MR) is 117 cm³/mol. The summed E-state index contributed by atoms with van der Waals surface area (Å²) in [5.41, 5.74) is 0. The molecule has 0 saturated carbocycles. The van der Waals surface area contributed by atoms with Gasteiger partial charge in [0.1, 0.15) is 0 Å². The lowest BCUT2D eigenvalue weighted by molar-refractivity contribution is -0.136. The Hall–Kier alpha value is -1.18. The summed E-state index contributed by atoms with van der Waals surface area (Å²) in [5.74, 6) is -0.375. The van der Waals surface area contributed by atoms with E-state index in [9.17, 15) is 18.0 Å². The van der Waals surface area contributed by atoms with E-state index in [0.29, 0.717) is 32.3 Å². The highest BCUT2D eigenvalue weighted by Crippen LogP contribution is 2.02. The quantitative estimate of drug-likeness (QED) is 0.447. The van der Waals surface area contributed by atoms with E-state index in [1.807, 2.05) is 25.2 Å². The number of nitrogens with zero attached hydrogens (tertiary/aromatic N) is 1. The maximum atomic E-state index is 11.0. The van der Waals surface area contributed by atoms with Gasteiger partial charge in [0.25, 0.3) is 11.9 Å². The van der Waals surface area contributed by atoms with Crippen LogP contribution >= 0.6 is 22.6 Å². The number of carbonyl (C=O) groups is 2. The number of likely N-dealkylation sites (N-methyl/N-ethyl adjacent to an activating group) is 1. The fourth-order valence-corrected chi connectivity index (χ4v) is 3.51. The van der Waals surface area contributed by atoms with Crippen LogP contribution in [-0.2, 0) is 28.7 Å². The maximum Gasteiger partial charge on any atom is 0.662 e. The second-order valence-corrected chi connectivity index (χ2v) is 9.26. The van der Waals surface area contributed by atoms with Crippen LogP contribution in [0.25, 0.3) is 0 Å². The molecule has 0 spiro atoms. The van der Waals surface area contributed by atoms with Gasteiger partial charge in [-0.05, 0) is 41.8 Å². The Kier molecular flexibility index (Phi) is 15.1. The third kappa shape index (κ3) is 17.0. The van der Waals surface area contributed by atoms with Gasteiger partial charge in [0.2, 0.25) is 0 Å². The van der Waals surface area contributed by atoms with E-state index in [0.717, 1.165) is 13.1 Å². The highest BCUT2D eigenvalue weighted by Gasteiger charge is 2.20. The van der Waals surface area contributed by atoms with E-state index < -0.39 is 21.8 Å². The Morgan fingerprint density at radius 1 is 1.11 bits per heavy atom. The van der Waals surface area contributed by atoms with Crippen LogP contribution in [0.15, 0.2) is 30.3 Å². The van der Waals surface area contributed by atoms with Crippen LogP contribution in [-0.4, -0.2) is 77.7 Å². The van der Waals surface area contributed by atoms with Crippen LogP contribution in [0.1, 0.15) is 13.8 Å². The van der Waals surface area contributed by atoms with Crippen molar-refractivity contribution >= 4 is 52.1 Å². The van der Waals surface area contributed by atoms with Gasteiger partial charge in [-0.15, -0.1) is 0 Å². The van der Waals surface area contributed by atoms with E-state index in [1.165, 1.54) is 17.4 Å². The number of benzene rings is 1. The summed E-state index contributed by atoms with van der Waals surface area (Å²) in [7, 11) is -0.100. The summed E-state index contributed by atoms with van der Waals surface area (Å²) in [6, 6.07) is 10.2. The number of hydrogen-bond donors (Lipinski definition) is 1. The van der Waals surface area contributed by atoms with Crippen LogP contribution in [0, 0.1) is 3.57 Å². The van der Waals surface area contributed by atoms with Gasteiger partial charge in [-0.25, -0.2) is 8.42 Å². The molecule has 0 unspecified atom stereocenters. The molecule has 1 aromatic rings. The molecule has 2 rings (SSSR count). The minimum atomic E-state index is -2.70. The fraction of sp³-hybridized carbons (Fsp3) is 0.529. The zero-order valence-electron chi connectivity index (χ0n) is 16.4. The molecule has 1 radical (unpaired) electrons. The smallest absolute Gasteiger partial charge is 0.500 e. The van der Waals surface area contributed by atoms with Gasteiger partial charge in [0.15, 0.2) is 9.84 Å². The molecule has 11 heteroatoms. The summed E-state index contributed by atoms with van der Waals surface area (Å²) in [6.07, 6.45) is 0. The van der Waals surface area contributed by atoms with E-state index in [-0.39, 0.29) is 0 Å². The first-order valence-electron chi connectivity index (χ1n) is 8.60. The Balaban J connectivity index is 0.000000406. The second-order valence-electron chi connectivity index (χ2n) is 5.71. The first-order valence-corrected chi connectivity index (χ1v) is 11.5. The number of carbonyl (C=O) groups excluding carboxylic acids is 2. The van der Waals surface area contributed by atoms with Crippen molar-refractivity contribution in [3.63, 3.8) is 0 Å². The summed E-state index contributed by atoms with van der Waals surface area (Å²) in [5, 5.41) is 3.04. The van der Waals surface area contributed by atoms with Gasteiger partial charge < -0.3 is 19.5 Å². The van der Waals surface area contributed by atoms with Crippen molar-refractivity contribution in [2.24, 2.45) is 0 Å². The number of rotatable bonds is 5. The average molecular weight is 525 g/mol. The lowest BCUT2D eigenvalue weighted by Gasteiger charge is -2.26. The second kappa shape index (κ2) is 15.7. The molecule has 1 heterocycles. The molecule has 28 heavy (non-hydrogen) atoms. The molecule has 1 fully saturated rings. The Morgan fingerprint density at radius 2 is 1.61 bits per heavy atom. The highest BCUT2D eigenvalue weighted by molar-refractivity contribution is 14.1. The van der Waals surface area contributed by atoms with Crippen LogP contribution in [0.3, 0.4) is 0 Å². The van der Waals surface area contributed by atoms with Gasteiger partial charge >= 0.3 is 7.69 Å². The third-order valence-corrected chi connectivity index (χ3v) is 5.60. The molecule has 1 saturated heterocycles. The van der Waals surface area contributed by atoms with Gasteiger partial charge in [-0.1, -0.05) is 18.2 Å². The van der Waals surface area contributed by atoms with Gasteiger partial charge in [-0.2, -0.15) is 0 Å². The van der Waals surface area contributed by atoms with Crippen LogP contribution in [0.5, 0.6) is 0 Å². The van der Waals surface area contributed by atoms with E-state index in [2.05, 4.69) is 54.2 Å². The van der Waals surface area contributed by atoms with Crippen LogP contribution < -0.4 is 5.32 Å². The monoisotopic (exact) mass is 525 g/mol. The lowest BCUT2D eigenvalue weighted by Crippen LogP contribution is -2.42. The van der Waals surface area contributed by atoms with Crippen LogP contribution in [0.4, 0.5) is 0 Å². The molecule has 0 aliphatic carbocycles. The van der Waals surface area contributed by atoms with Crippen molar-refractivity contribution in [1.82, 2.24) is 10.2 Å². The molecular formula is C17H27BIN2O6S. The summed E-state index contributed by atoms with van der Waals surface area (Å²) >= 11 is 2.28. The normalized spacial score (nSPS) is 15.0. The third-order valence-electron chi connectivity index (χ3n) is 3.28. The SMILES string of the molecule is CC(=O)O[B]OC(C)=O.CNCCN1CCS(=O)(=O)CC1.Ic1ccccc1. The largest absolute Gasteiger partial charge is 0.662 e. The van der Waals surface area contributed by atoms with Crippen molar-refractivity contribution in [3.8, 4) is 0 Å². The topological polar surface area (TPSA) is 102 Å². The molecule has 157 valence electrons. The minimum absolute atomic E-state index is 0.330. The summed E-state index contributed by atoms with van der Waals surface area (Å²) in [4.78, 5) is 22.1. The molecule has 1 N–H and O–H groups in total. The fourth-order valence-electron chi connectivity index (χ4n) is 1.82. The van der Waals surface area contributed by atoms with Crippen LogP contribution in [0.2, 0.25) is 0 Å². The van der Waals surface area contributed by atoms with Crippen molar-refractivity contribution in [3.05, 3.63) is 33.9 Å². The van der Waals surface area contributed by atoms with E-state index >= 15 is 0 Å². The standard InChI is InChI=1S/C7H16N2O2S.C6H5I.C4H6BO4/c1-8-2-3-9-4-6-12(10,11)7-5-9;7-6-4-2-1-3-5-6;1-3(6)8-5-9-4(2)7/h8H,2-7H2,1H3;1-5H;1-2H3. The Morgan fingerprint density at radius 3 is 1.96 bits per heavy atom. The van der Waals surface area contributed by atoms with Crippen molar-refractivity contribution < 1.29 is 27.3 Å². The van der Waals surface area contributed by atoms with Gasteiger partial charge in [-0.3, -0.25) is 9.59 Å². The maximum absolute atomic E-state index is 11.0. The zero-order valence-corrected chi connectivity index (χ0v) is 19.4. The Labute approximate surface area is 181 Å². The molecule has 1 aliphatic heterocycles. The molecule has 0 atom stereocenters. The van der Waals surface area contributed by atoms with E-state index in [4.69, 9.17) is 0 Å². The van der Waals surface area contributed by atoms with Crippen molar-refractivity contribution in [1.29, 1.82) is 0 Å². The molecule has 1 aliphatic rings. The number of halogens is 1. The average Bonchev–Trinajstić information content (AvgIpc) is 2.62. The first kappa shape index (κ1) is 26.8. The highest BCUT2D eigenvalue weighted by atomic mass is 127. The molecule has 0 bridgehead atoms. The number of nitrogens with one attached hydrogen (secondary N) is 1. The lowest BCUT2D eigenvalue weighted by atomic mass is 10.4. The first-order chi connectivity index (χ1) is 13.2. The molecule has 0 amide bonds. The minimum Gasteiger partial charge on any atom is -0.500 e. The molecular weight excluding hydrogens is 498 g/mol. The van der Waals surface area contributed by atoms with E-state index in [1.54, 1.807) is 0 Å². The number of sulfone groups is 1. The molecule has 0 aromatic heterocycles. The zero-order chi connectivity index (χ0) is 21.4. The van der Waals surface area contributed by atoms with Gasteiger partial charge in [0, 0.05) is 43.6 Å². The number of hydrogen-bond acceptors (Lipinski definition) is 8. The predicted octanol–water partition coefficient (Wildman–Crippen LogP) is 0.874.